The molecule has 3 saturated heterocycles. The number of hydrogen-bond acceptors (Lipinski definition) is 5. The summed E-state index contributed by atoms with van der Waals surface area (Å²) in [5, 5.41) is 22.4. The van der Waals surface area contributed by atoms with E-state index in [0.29, 0.717) is 18.5 Å². The third-order valence-electron chi connectivity index (χ3n) is 8.95. The molecule has 2 amide bonds. The van der Waals surface area contributed by atoms with Gasteiger partial charge in [-0.05, 0) is 48.6 Å². The van der Waals surface area contributed by atoms with Crippen LogP contribution < -0.4 is 4.90 Å². The van der Waals surface area contributed by atoms with Crippen LogP contribution in [0, 0.1) is 17.8 Å². The number of aliphatic hydroxyl groups excluding tert-OH is 1. The number of likely N-dealkylation sites (tertiary alicyclic amines) is 1. The molecule has 0 radical (unpaired) electrons. The number of benzene rings is 2. The maximum absolute atomic E-state index is 14.6. The predicted octanol–water partition coefficient (Wildman–Crippen LogP) is 3.23. The Kier molecular flexibility index (Phi) is 6.15. The fourth-order valence-corrected chi connectivity index (χ4v) is 7.08. The van der Waals surface area contributed by atoms with Gasteiger partial charge in [0.25, 0.3) is 5.91 Å². The molecule has 8 nitrogen and oxygen atoms in total. The second-order valence-corrected chi connectivity index (χ2v) is 10.8. The van der Waals surface area contributed by atoms with Gasteiger partial charge in [0, 0.05) is 12.2 Å². The monoisotopic (exact) mass is 506 g/mol. The Morgan fingerprint density at radius 3 is 2.59 bits per heavy atom. The molecule has 3 aliphatic rings. The highest BCUT2D eigenvalue weighted by molar-refractivity contribution is 6.05. The first kappa shape index (κ1) is 25.4. The van der Waals surface area contributed by atoms with Crippen LogP contribution in [0.25, 0.3) is 10.8 Å². The molecule has 2 N–H and O–H groups in total. The van der Waals surface area contributed by atoms with Crippen molar-refractivity contribution in [3.63, 3.8) is 0 Å². The number of nitrogens with zero attached hydrogens (tertiary/aromatic N) is 2. The summed E-state index contributed by atoms with van der Waals surface area (Å²) in [5.74, 6) is -4.14. The van der Waals surface area contributed by atoms with Crippen molar-refractivity contribution in [3.8, 4) is 0 Å². The van der Waals surface area contributed by atoms with Crippen LogP contribution in [0.4, 0.5) is 5.69 Å². The molecule has 2 aromatic rings. The highest BCUT2D eigenvalue weighted by Crippen LogP contribution is 2.65. The second-order valence-electron chi connectivity index (χ2n) is 10.8. The summed E-state index contributed by atoms with van der Waals surface area (Å²) in [6.45, 7) is 9.21. The van der Waals surface area contributed by atoms with Gasteiger partial charge < -0.3 is 24.7 Å². The molecule has 8 heteroatoms. The summed E-state index contributed by atoms with van der Waals surface area (Å²) in [6, 6.07) is 11.9. The van der Waals surface area contributed by atoms with Gasteiger partial charge in [-0.1, -0.05) is 50.3 Å². The maximum Gasteiger partial charge on any atom is 0.310 e. The highest BCUT2D eigenvalue weighted by Gasteiger charge is 2.80. The summed E-state index contributed by atoms with van der Waals surface area (Å²) in [5.41, 5.74) is -1.71. The van der Waals surface area contributed by atoms with E-state index in [2.05, 4.69) is 6.58 Å². The van der Waals surface area contributed by atoms with Crippen LogP contribution in [0.15, 0.2) is 55.1 Å². The minimum atomic E-state index is -1.29. The van der Waals surface area contributed by atoms with Gasteiger partial charge in [-0.2, -0.15) is 0 Å². The van der Waals surface area contributed by atoms with Crippen molar-refractivity contribution in [2.24, 2.45) is 17.8 Å². The van der Waals surface area contributed by atoms with E-state index in [1.54, 1.807) is 17.9 Å². The first-order valence-corrected chi connectivity index (χ1v) is 12.9. The first-order chi connectivity index (χ1) is 17.6. The lowest BCUT2D eigenvalue weighted by Crippen LogP contribution is -2.59. The quantitative estimate of drug-likeness (QED) is 0.533. The number of aliphatic carboxylic acids is 1. The number of aliphatic hydroxyl groups is 1. The van der Waals surface area contributed by atoms with Crippen molar-refractivity contribution in [1.82, 2.24) is 4.90 Å². The smallest absolute Gasteiger partial charge is 0.310 e. The zero-order valence-corrected chi connectivity index (χ0v) is 21.5. The Labute approximate surface area is 216 Å². The normalized spacial score (nSPS) is 33.0. The molecule has 1 spiro atoms. The molecular formula is C29H34N2O6. The lowest BCUT2D eigenvalue weighted by molar-refractivity contribution is -0.157. The zero-order valence-electron chi connectivity index (χ0n) is 21.5. The van der Waals surface area contributed by atoms with Crippen molar-refractivity contribution < 1.29 is 29.3 Å². The van der Waals surface area contributed by atoms with E-state index >= 15 is 0 Å². The number of rotatable bonds is 8. The van der Waals surface area contributed by atoms with Crippen molar-refractivity contribution >= 4 is 34.2 Å². The van der Waals surface area contributed by atoms with Crippen molar-refractivity contribution in [3.05, 3.63) is 55.1 Å². The Morgan fingerprint density at radius 1 is 1.27 bits per heavy atom. The van der Waals surface area contributed by atoms with Crippen molar-refractivity contribution in [1.29, 1.82) is 0 Å². The molecule has 7 atom stereocenters. The van der Waals surface area contributed by atoms with E-state index in [1.807, 2.05) is 56.3 Å². The van der Waals surface area contributed by atoms with Crippen LogP contribution in [-0.4, -0.2) is 69.3 Å². The average molecular weight is 507 g/mol. The molecule has 5 rings (SSSR count). The van der Waals surface area contributed by atoms with Crippen LogP contribution in [0.1, 0.15) is 33.6 Å². The lowest BCUT2D eigenvalue weighted by atomic mass is 9.62. The molecule has 37 heavy (non-hydrogen) atoms. The van der Waals surface area contributed by atoms with Crippen molar-refractivity contribution in [2.45, 2.75) is 56.9 Å². The molecule has 2 bridgehead atoms. The standard InChI is InChI=1S/C29H34N2O6/c1-5-13-30(21-12-11-18-9-7-8-10-19(18)14-21)26(34)24-29-15-17(3)28(4,37-29)23(27(35)36)22(29)25(33)31(24)20(6-2)16-32/h5,7-12,14,17,20,22-24,32H,1,6,13,15-16H2,2-4H3,(H,35,36)/t17?,20-,22-,23-,24?,28+,29?/m0/s1. The van der Waals surface area contributed by atoms with Gasteiger partial charge in [0.05, 0.1) is 24.2 Å². The number of carbonyl (C=O) groups excluding carboxylic acids is 2. The van der Waals surface area contributed by atoms with Gasteiger partial charge in [0.15, 0.2) is 0 Å². The Hall–Kier alpha value is -3.23. The molecule has 196 valence electrons. The highest BCUT2D eigenvalue weighted by atomic mass is 16.5. The molecule has 0 aliphatic carbocycles. The van der Waals surface area contributed by atoms with Gasteiger partial charge in [-0.15, -0.1) is 6.58 Å². The van der Waals surface area contributed by atoms with Gasteiger partial charge in [0.1, 0.15) is 17.6 Å². The van der Waals surface area contributed by atoms with E-state index in [4.69, 9.17) is 4.74 Å². The average Bonchev–Trinajstić information content (AvgIpc) is 3.39. The fraction of sp³-hybridized carbons (Fsp3) is 0.483. The number of carboxylic acid groups (broad SMARTS) is 1. The number of anilines is 1. The van der Waals surface area contributed by atoms with E-state index in [-0.39, 0.29) is 25.0 Å². The minimum Gasteiger partial charge on any atom is -0.481 e. The first-order valence-electron chi connectivity index (χ1n) is 12.9. The van der Waals surface area contributed by atoms with Crippen LogP contribution in [0.2, 0.25) is 0 Å². The molecule has 3 heterocycles. The van der Waals surface area contributed by atoms with Gasteiger partial charge in [-0.25, -0.2) is 0 Å². The van der Waals surface area contributed by atoms with Crippen molar-refractivity contribution in [2.75, 3.05) is 18.1 Å². The lowest BCUT2D eigenvalue weighted by Gasteiger charge is -2.39. The van der Waals surface area contributed by atoms with Crippen LogP contribution >= 0.6 is 0 Å². The van der Waals surface area contributed by atoms with Gasteiger partial charge in [-0.3, -0.25) is 14.4 Å². The molecule has 3 fully saturated rings. The topological polar surface area (TPSA) is 107 Å². The van der Waals surface area contributed by atoms with E-state index < -0.39 is 47.0 Å². The molecule has 0 saturated carbocycles. The summed E-state index contributed by atoms with van der Waals surface area (Å²) in [6.07, 6.45) is 2.43. The molecule has 3 aliphatic heterocycles. The third-order valence-corrected chi connectivity index (χ3v) is 8.95. The van der Waals surface area contributed by atoms with E-state index in [1.165, 1.54) is 4.90 Å². The number of amides is 2. The SMILES string of the molecule is C=CCN(C(=O)C1N([C@@H](CC)CO)C(=O)[C@@H]2[C@@H](C(=O)O)[C@]3(C)OC12CC3C)c1ccc2ccccc2c1. The van der Waals surface area contributed by atoms with Crippen LogP contribution in [0.3, 0.4) is 0 Å². The summed E-state index contributed by atoms with van der Waals surface area (Å²) in [7, 11) is 0. The predicted molar refractivity (Wildman–Crippen MR) is 139 cm³/mol. The molecule has 3 unspecified atom stereocenters. The van der Waals surface area contributed by atoms with Crippen LogP contribution in [0.5, 0.6) is 0 Å². The molecular weight excluding hydrogens is 472 g/mol. The number of hydrogen-bond donors (Lipinski definition) is 2. The van der Waals surface area contributed by atoms with Gasteiger partial charge in [0.2, 0.25) is 5.91 Å². The van der Waals surface area contributed by atoms with E-state index in [9.17, 15) is 24.6 Å². The Balaban J connectivity index is 1.66. The number of fused-ring (bicyclic) bond motifs is 2. The molecule has 2 aromatic carbocycles. The summed E-state index contributed by atoms with van der Waals surface area (Å²) >= 11 is 0. The molecule has 0 aromatic heterocycles. The summed E-state index contributed by atoms with van der Waals surface area (Å²) in [4.78, 5) is 44.0. The fourth-order valence-electron chi connectivity index (χ4n) is 7.08. The second kappa shape index (κ2) is 8.96. The zero-order chi connectivity index (χ0) is 26.7. The Bertz CT molecular complexity index is 1270. The number of ether oxygens (including phenoxy) is 1. The van der Waals surface area contributed by atoms with Crippen LogP contribution in [-0.2, 0) is 19.1 Å². The summed E-state index contributed by atoms with van der Waals surface area (Å²) < 4.78 is 6.57. The Morgan fingerprint density at radius 2 is 1.97 bits per heavy atom. The van der Waals surface area contributed by atoms with E-state index in [0.717, 1.165) is 10.8 Å². The maximum atomic E-state index is 14.6. The third kappa shape index (κ3) is 3.45. The number of carboxylic acids is 1. The minimum absolute atomic E-state index is 0.171. The number of carbonyl (C=O) groups is 3. The largest absolute Gasteiger partial charge is 0.481 e. The van der Waals surface area contributed by atoms with Gasteiger partial charge >= 0.3 is 5.97 Å².